The number of nitrogens with one attached hydrogen (secondary N) is 2. The Bertz CT molecular complexity index is 429. The summed E-state index contributed by atoms with van der Waals surface area (Å²) in [6.07, 6.45) is 8.11. The van der Waals surface area contributed by atoms with E-state index in [1.54, 1.807) is 4.90 Å². The van der Waals surface area contributed by atoms with Gasteiger partial charge in [-0.1, -0.05) is 5.57 Å². The summed E-state index contributed by atoms with van der Waals surface area (Å²) in [6, 6.07) is 0.428. The van der Waals surface area contributed by atoms with Crippen molar-refractivity contribution in [3.8, 4) is 0 Å². The molecule has 1 amide bonds. The van der Waals surface area contributed by atoms with E-state index in [9.17, 15) is 4.79 Å². The van der Waals surface area contributed by atoms with E-state index in [-0.39, 0.29) is 12.3 Å². The number of piperidine rings is 1. The molecule has 0 radical (unpaired) electrons. The highest BCUT2D eigenvalue weighted by Gasteiger charge is 2.27. The van der Waals surface area contributed by atoms with E-state index in [2.05, 4.69) is 29.7 Å². The summed E-state index contributed by atoms with van der Waals surface area (Å²) in [5.74, 6) is 0. The second kappa shape index (κ2) is 6.52. The van der Waals surface area contributed by atoms with Gasteiger partial charge in [0.1, 0.15) is 5.60 Å². The van der Waals surface area contributed by atoms with E-state index >= 15 is 0 Å². The van der Waals surface area contributed by atoms with Gasteiger partial charge in [-0.3, -0.25) is 5.32 Å². The molecule has 0 spiro atoms. The van der Waals surface area contributed by atoms with Crippen LogP contribution in [0, 0.1) is 0 Å². The molecule has 118 valence electrons. The maximum Gasteiger partial charge on any atom is 0.410 e. The van der Waals surface area contributed by atoms with Gasteiger partial charge in [0.05, 0.1) is 6.17 Å². The standard InChI is InChI=1S/C16H27N3O2/c1-12-5-8-17-14(11-12)18-13-6-9-19(10-7-13)15(20)21-16(2,3)4/h5,8,11,13-14,17-18H,6-7,9-10H2,1-4H3. The van der Waals surface area contributed by atoms with Gasteiger partial charge in [0, 0.05) is 19.1 Å². The predicted octanol–water partition coefficient (Wildman–Crippen LogP) is 2.36. The Labute approximate surface area is 127 Å². The number of dihydropyridines is 1. The SMILES string of the molecule is CC1=CC(NC2CCN(C(=O)OC(C)(C)C)CC2)NC=C1. The lowest BCUT2D eigenvalue weighted by atomic mass is 10.0. The Hall–Kier alpha value is -1.49. The van der Waals surface area contributed by atoms with Gasteiger partial charge < -0.3 is 15.0 Å². The Morgan fingerprint density at radius 2 is 2.05 bits per heavy atom. The van der Waals surface area contributed by atoms with Crippen molar-refractivity contribution < 1.29 is 9.53 Å². The van der Waals surface area contributed by atoms with Crippen molar-refractivity contribution in [3.63, 3.8) is 0 Å². The molecule has 0 saturated carbocycles. The van der Waals surface area contributed by atoms with Crippen LogP contribution >= 0.6 is 0 Å². The topological polar surface area (TPSA) is 53.6 Å². The third-order valence-corrected chi connectivity index (χ3v) is 3.61. The van der Waals surface area contributed by atoms with Crippen LogP contribution in [0.4, 0.5) is 4.79 Å². The van der Waals surface area contributed by atoms with Crippen LogP contribution in [0.3, 0.4) is 0 Å². The summed E-state index contributed by atoms with van der Waals surface area (Å²) in [7, 11) is 0. The number of amides is 1. The molecular weight excluding hydrogens is 266 g/mol. The minimum Gasteiger partial charge on any atom is -0.444 e. The maximum atomic E-state index is 12.0. The van der Waals surface area contributed by atoms with Crippen LogP contribution in [-0.2, 0) is 4.74 Å². The number of carbonyl (C=O) groups excluding carboxylic acids is 1. The number of hydrogen-bond acceptors (Lipinski definition) is 4. The molecule has 1 saturated heterocycles. The number of ether oxygens (including phenoxy) is 1. The minimum atomic E-state index is -0.424. The molecule has 0 aromatic carbocycles. The molecule has 0 aromatic rings. The summed E-state index contributed by atoms with van der Waals surface area (Å²) in [5, 5.41) is 6.87. The van der Waals surface area contributed by atoms with E-state index in [4.69, 9.17) is 4.74 Å². The molecule has 2 heterocycles. The molecule has 5 nitrogen and oxygen atoms in total. The van der Waals surface area contributed by atoms with Gasteiger partial charge in [0.15, 0.2) is 0 Å². The molecule has 0 aromatic heterocycles. The van der Waals surface area contributed by atoms with Crippen LogP contribution in [0.5, 0.6) is 0 Å². The summed E-state index contributed by atoms with van der Waals surface area (Å²) in [4.78, 5) is 13.8. The lowest BCUT2D eigenvalue weighted by molar-refractivity contribution is 0.0196. The lowest BCUT2D eigenvalue weighted by Crippen LogP contribution is -2.51. The summed E-state index contributed by atoms with van der Waals surface area (Å²) >= 11 is 0. The predicted molar refractivity (Wildman–Crippen MR) is 83.8 cm³/mol. The first-order valence-electron chi connectivity index (χ1n) is 7.68. The van der Waals surface area contributed by atoms with E-state index in [0.717, 1.165) is 25.9 Å². The third kappa shape index (κ3) is 5.08. The average molecular weight is 293 g/mol. The molecule has 0 bridgehead atoms. The molecule has 2 aliphatic heterocycles. The monoisotopic (exact) mass is 293 g/mol. The van der Waals surface area contributed by atoms with Crippen molar-refractivity contribution in [1.82, 2.24) is 15.5 Å². The van der Waals surface area contributed by atoms with Crippen molar-refractivity contribution in [2.45, 2.75) is 58.3 Å². The van der Waals surface area contributed by atoms with Gasteiger partial charge >= 0.3 is 6.09 Å². The van der Waals surface area contributed by atoms with Gasteiger partial charge in [0.25, 0.3) is 0 Å². The number of rotatable bonds is 2. The van der Waals surface area contributed by atoms with Crippen LogP contribution < -0.4 is 10.6 Å². The minimum absolute atomic E-state index is 0.188. The molecule has 2 aliphatic rings. The third-order valence-electron chi connectivity index (χ3n) is 3.61. The van der Waals surface area contributed by atoms with Gasteiger partial charge in [-0.25, -0.2) is 4.79 Å². The van der Waals surface area contributed by atoms with E-state index < -0.39 is 5.60 Å². The Morgan fingerprint density at radius 1 is 1.38 bits per heavy atom. The maximum absolute atomic E-state index is 12.0. The smallest absolute Gasteiger partial charge is 0.410 e. The van der Waals surface area contributed by atoms with E-state index in [1.807, 2.05) is 27.0 Å². The van der Waals surface area contributed by atoms with Crippen LogP contribution in [0.2, 0.25) is 0 Å². The Kier molecular flexibility index (Phi) is 4.93. The first-order valence-corrected chi connectivity index (χ1v) is 7.68. The number of hydrogen-bond donors (Lipinski definition) is 2. The molecule has 1 fully saturated rings. The second-order valence-electron chi connectivity index (χ2n) is 6.80. The highest BCUT2D eigenvalue weighted by Crippen LogP contribution is 2.16. The fourth-order valence-electron chi connectivity index (χ4n) is 2.56. The molecule has 1 unspecified atom stereocenters. The van der Waals surface area contributed by atoms with Crippen LogP contribution in [0.15, 0.2) is 23.9 Å². The van der Waals surface area contributed by atoms with Crippen LogP contribution in [0.1, 0.15) is 40.5 Å². The second-order valence-corrected chi connectivity index (χ2v) is 6.80. The zero-order valence-corrected chi connectivity index (χ0v) is 13.5. The van der Waals surface area contributed by atoms with Gasteiger partial charge in [0.2, 0.25) is 0 Å². The van der Waals surface area contributed by atoms with Gasteiger partial charge in [-0.2, -0.15) is 0 Å². The molecule has 2 N–H and O–H groups in total. The van der Waals surface area contributed by atoms with E-state index in [0.29, 0.717) is 6.04 Å². The lowest BCUT2D eigenvalue weighted by Gasteiger charge is -2.35. The molecule has 1 atom stereocenters. The zero-order valence-electron chi connectivity index (χ0n) is 13.5. The summed E-state index contributed by atoms with van der Waals surface area (Å²) in [6.45, 7) is 9.29. The number of carbonyl (C=O) groups is 1. The number of likely N-dealkylation sites (tertiary alicyclic amines) is 1. The van der Waals surface area contributed by atoms with Crippen molar-refractivity contribution >= 4 is 6.09 Å². The van der Waals surface area contributed by atoms with Gasteiger partial charge in [-0.15, -0.1) is 0 Å². The molecular formula is C16H27N3O2. The summed E-state index contributed by atoms with van der Waals surface area (Å²) < 4.78 is 5.41. The van der Waals surface area contributed by atoms with Crippen LogP contribution in [-0.4, -0.2) is 41.9 Å². The average Bonchev–Trinajstić information content (AvgIpc) is 2.37. The first-order chi connectivity index (χ1) is 9.83. The summed E-state index contributed by atoms with van der Waals surface area (Å²) in [5.41, 5.74) is 0.838. The normalized spacial score (nSPS) is 23.5. The first kappa shape index (κ1) is 15.9. The molecule has 5 heteroatoms. The van der Waals surface area contributed by atoms with Crippen molar-refractivity contribution in [2.24, 2.45) is 0 Å². The quantitative estimate of drug-likeness (QED) is 0.820. The Morgan fingerprint density at radius 3 is 2.62 bits per heavy atom. The highest BCUT2D eigenvalue weighted by atomic mass is 16.6. The van der Waals surface area contributed by atoms with Crippen molar-refractivity contribution in [2.75, 3.05) is 13.1 Å². The van der Waals surface area contributed by atoms with Crippen molar-refractivity contribution in [3.05, 3.63) is 23.9 Å². The molecule has 0 aliphatic carbocycles. The number of nitrogens with zero attached hydrogens (tertiary/aromatic N) is 1. The fourth-order valence-corrected chi connectivity index (χ4v) is 2.56. The zero-order chi connectivity index (χ0) is 15.5. The largest absolute Gasteiger partial charge is 0.444 e. The van der Waals surface area contributed by atoms with Crippen molar-refractivity contribution in [1.29, 1.82) is 0 Å². The molecule has 2 rings (SSSR count). The van der Waals surface area contributed by atoms with Gasteiger partial charge in [-0.05, 0) is 58.9 Å². The number of allylic oxidation sites excluding steroid dienone is 2. The Balaban J connectivity index is 1.76. The van der Waals surface area contributed by atoms with E-state index in [1.165, 1.54) is 5.57 Å². The van der Waals surface area contributed by atoms with Crippen LogP contribution in [0.25, 0.3) is 0 Å². The molecule has 21 heavy (non-hydrogen) atoms. The fraction of sp³-hybridized carbons (Fsp3) is 0.688. The highest BCUT2D eigenvalue weighted by molar-refractivity contribution is 5.68.